The minimum Gasteiger partial charge on any atom is -0.460 e. The predicted molar refractivity (Wildman–Crippen MR) is 82.6 cm³/mol. The molecule has 2 heterocycles. The van der Waals surface area contributed by atoms with Crippen molar-refractivity contribution in [3.63, 3.8) is 0 Å². The first-order valence-corrected chi connectivity index (χ1v) is 6.92. The van der Waals surface area contributed by atoms with E-state index in [1.54, 1.807) is 18.2 Å². The van der Waals surface area contributed by atoms with E-state index in [1.165, 1.54) is 6.08 Å². The molecule has 0 aliphatic carbocycles. The smallest absolute Gasteiger partial charge is 0.348 e. The normalized spacial score (nSPS) is 16.8. The molecule has 1 unspecified atom stereocenters. The minimum absolute atomic E-state index is 0.343. The molecule has 0 amide bonds. The van der Waals surface area contributed by atoms with Crippen LogP contribution in [0.4, 0.5) is 0 Å². The van der Waals surface area contributed by atoms with Crippen LogP contribution in [0.15, 0.2) is 69.9 Å². The van der Waals surface area contributed by atoms with E-state index < -0.39 is 11.9 Å². The van der Waals surface area contributed by atoms with Gasteiger partial charge >= 0.3 is 5.63 Å². The number of hydrogen-bond acceptors (Lipinski definition) is 4. The molecule has 108 valence electrons. The van der Waals surface area contributed by atoms with Crippen LogP contribution in [0.1, 0.15) is 11.1 Å². The molecule has 0 fully saturated rings. The van der Waals surface area contributed by atoms with Crippen LogP contribution in [0.2, 0.25) is 0 Å². The van der Waals surface area contributed by atoms with Crippen molar-refractivity contribution in [2.45, 2.75) is 6.29 Å². The number of benzene rings is 2. The maximum atomic E-state index is 12.4. The van der Waals surface area contributed by atoms with Gasteiger partial charge in [-0.25, -0.2) is 4.79 Å². The van der Waals surface area contributed by atoms with Crippen molar-refractivity contribution in [2.24, 2.45) is 0 Å². The zero-order valence-electron chi connectivity index (χ0n) is 11.5. The van der Waals surface area contributed by atoms with Gasteiger partial charge in [0.15, 0.2) is 0 Å². The molecule has 0 radical (unpaired) electrons. The van der Waals surface area contributed by atoms with Gasteiger partial charge in [0.25, 0.3) is 0 Å². The van der Waals surface area contributed by atoms with E-state index in [1.807, 2.05) is 36.4 Å². The molecule has 0 saturated carbocycles. The monoisotopic (exact) mass is 292 g/mol. The van der Waals surface area contributed by atoms with Gasteiger partial charge in [0.05, 0.1) is 5.39 Å². The highest BCUT2D eigenvalue weighted by Gasteiger charge is 2.26. The molecule has 1 atom stereocenters. The van der Waals surface area contributed by atoms with Crippen molar-refractivity contribution in [3.05, 3.63) is 82.2 Å². The minimum atomic E-state index is -1.10. The molecule has 22 heavy (non-hydrogen) atoms. The van der Waals surface area contributed by atoms with Crippen molar-refractivity contribution in [3.8, 4) is 5.75 Å². The summed E-state index contributed by atoms with van der Waals surface area (Å²) in [5.41, 5.74) is 1.75. The predicted octanol–water partition coefficient (Wildman–Crippen LogP) is 2.94. The van der Waals surface area contributed by atoms with Gasteiger partial charge in [-0.15, -0.1) is 0 Å². The fourth-order valence-corrected chi connectivity index (χ4v) is 2.72. The Balaban J connectivity index is 2.07. The zero-order valence-corrected chi connectivity index (χ0v) is 11.5. The van der Waals surface area contributed by atoms with Crippen molar-refractivity contribution in [1.82, 2.24) is 0 Å². The summed E-state index contributed by atoms with van der Waals surface area (Å²) in [7, 11) is 0. The van der Waals surface area contributed by atoms with Crippen LogP contribution in [0.3, 0.4) is 0 Å². The van der Waals surface area contributed by atoms with Gasteiger partial charge in [-0.1, -0.05) is 42.5 Å². The second kappa shape index (κ2) is 4.86. The number of fused-ring (bicyclic) bond motifs is 3. The summed E-state index contributed by atoms with van der Waals surface area (Å²) in [6.07, 6.45) is 0.413. The van der Waals surface area contributed by atoms with E-state index in [9.17, 15) is 9.90 Å². The Morgan fingerprint density at radius 2 is 1.68 bits per heavy atom. The van der Waals surface area contributed by atoms with Gasteiger partial charge < -0.3 is 14.3 Å². The van der Waals surface area contributed by atoms with E-state index in [0.717, 1.165) is 5.56 Å². The zero-order chi connectivity index (χ0) is 15.1. The number of hydrogen-bond donors (Lipinski definition) is 1. The molecule has 1 aliphatic heterocycles. The molecule has 4 nitrogen and oxygen atoms in total. The first-order valence-electron chi connectivity index (χ1n) is 6.92. The first-order chi connectivity index (χ1) is 10.7. The first kappa shape index (κ1) is 12.9. The topological polar surface area (TPSA) is 59.7 Å². The van der Waals surface area contributed by atoms with Crippen LogP contribution in [0.25, 0.3) is 16.5 Å². The van der Waals surface area contributed by atoms with Gasteiger partial charge in [0.1, 0.15) is 16.9 Å². The quantitative estimate of drug-likeness (QED) is 0.701. The summed E-state index contributed by atoms with van der Waals surface area (Å²) < 4.78 is 10.9. The van der Waals surface area contributed by atoms with Crippen molar-refractivity contribution in [2.75, 3.05) is 0 Å². The molecule has 0 bridgehead atoms. The van der Waals surface area contributed by atoms with Crippen LogP contribution in [0, 0.1) is 0 Å². The molecule has 2 aromatic carbocycles. The number of rotatable bonds is 1. The van der Waals surface area contributed by atoms with Crippen molar-refractivity contribution in [1.29, 1.82) is 0 Å². The summed E-state index contributed by atoms with van der Waals surface area (Å²) in [4.78, 5) is 12.4. The Morgan fingerprint density at radius 3 is 2.50 bits per heavy atom. The van der Waals surface area contributed by atoms with Crippen LogP contribution < -0.4 is 10.4 Å². The molecule has 4 heteroatoms. The molecule has 0 saturated heterocycles. The molecule has 0 spiro atoms. The molecule has 1 aromatic heterocycles. The highest BCUT2D eigenvalue weighted by atomic mass is 16.6. The Labute approximate surface area is 125 Å². The molecule has 4 rings (SSSR count). The van der Waals surface area contributed by atoms with Crippen molar-refractivity contribution >= 4 is 16.5 Å². The van der Waals surface area contributed by atoms with Crippen molar-refractivity contribution < 1.29 is 14.3 Å². The lowest BCUT2D eigenvalue weighted by atomic mass is 9.95. The van der Waals surface area contributed by atoms with E-state index in [0.29, 0.717) is 27.9 Å². The number of aliphatic hydroxyl groups excluding tert-OH is 1. The largest absolute Gasteiger partial charge is 0.460 e. The van der Waals surface area contributed by atoms with Gasteiger partial charge in [-0.3, -0.25) is 0 Å². The number of ether oxygens (including phenoxy) is 1. The summed E-state index contributed by atoms with van der Waals surface area (Å²) >= 11 is 0. The third kappa shape index (κ3) is 1.93. The van der Waals surface area contributed by atoms with Crippen LogP contribution in [-0.4, -0.2) is 11.4 Å². The van der Waals surface area contributed by atoms with E-state index in [2.05, 4.69) is 0 Å². The number of para-hydroxylation sites is 1. The maximum absolute atomic E-state index is 12.4. The Kier molecular flexibility index (Phi) is 2.84. The average molecular weight is 292 g/mol. The molecular formula is C18H12O4. The Morgan fingerprint density at radius 1 is 0.955 bits per heavy atom. The van der Waals surface area contributed by atoms with Gasteiger partial charge in [0.2, 0.25) is 6.29 Å². The standard InChI is InChI=1S/C18H12O4/c19-15-10-13(11-6-2-1-3-7-11)16-17(22-15)12-8-4-5-9-14(12)21-18(16)20/h1-10,15,19H. The average Bonchev–Trinajstić information content (AvgIpc) is 2.55. The van der Waals surface area contributed by atoms with E-state index >= 15 is 0 Å². The van der Waals surface area contributed by atoms with Crippen LogP contribution >= 0.6 is 0 Å². The molecule has 1 aliphatic rings. The van der Waals surface area contributed by atoms with E-state index in [-0.39, 0.29) is 0 Å². The fourth-order valence-electron chi connectivity index (χ4n) is 2.72. The van der Waals surface area contributed by atoms with Crippen LogP contribution in [0.5, 0.6) is 5.75 Å². The summed E-state index contributed by atoms with van der Waals surface area (Å²) in [5.74, 6) is 0.362. The number of aliphatic hydroxyl groups is 1. The Bertz CT molecular complexity index is 938. The lowest BCUT2D eigenvalue weighted by molar-refractivity contribution is 0.0234. The SMILES string of the molecule is O=c1oc2ccccc2c2c1C(c1ccccc1)=CC(O)O2. The van der Waals surface area contributed by atoms with Gasteiger partial charge in [-0.05, 0) is 23.8 Å². The van der Waals surface area contributed by atoms with Crippen LogP contribution in [-0.2, 0) is 0 Å². The van der Waals surface area contributed by atoms with Gasteiger partial charge in [0, 0.05) is 5.57 Å². The summed E-state index contributed by atoms with van der Waals surface area (Å²) in [5, 5.41) is 10.7. The highest BCUT2D eigenvalue weighted by Crippen LogP contribution is 2.38. The molecular weight excluding hydrogens is 280 g/mol. The fraction of sp³-hybridized carbons (Fsp3) is 0.0556. The molecule has 3 aromatic rings. The molecule has 1 N–H and O–H groups in total. The second-order valence-electron chi connectivity index (χ2n) is 5.04. The lowest BCUT2D eigenvalue weighted by Crippen LogP contribution is -2.23. The third-order valence-corrected chi connectivity index (χ3v) is 3.67. The van der Waals surface area contributed by atoms with Gasteiger partial charge in [-0.2, -0.15) is 0 Å². The lowest BCUT2D eigenvalue weighted by Gasteiger charge is -2.22. The Hall–Kier alpha value is -2.85. The summed E-state index contributed by atoms with van der Waals surface area (Å²) in [6, 6.07) is 16.5. The highest BCUT2D eigenvalue weighted by molar-refractivity contribution is 5.93. The van der Waals surface area contributed by atoms with E-state index in [4.69, 9.17) is 9.15 Å². The summed E-state index contributed by atoms with van der Waals surface area (Å²) in [6.45, 7) is 0. The third-order valence-electron chi connectivity index (χ3n) is 3.67. The maximum Gasteiger partial charge on any atom is 0.348 e. The second-order valence-corrected chi connectivity index (χ2v) is 5.04.